The molecule has 0 spiro atoms. The minimum Gasteiger partial charge on any atom is -0.447 e. The number of nitrogens with one attached hydrogen (secondary N) is 2. The van der Waals surface area contributed by atoms with E-state index >= 15 is 0 Å². The van der Waals surface area contributed by atoms with Gasteiger partial charge in [-0.15, -0.1) is 0 Å². The maximum atomic E-state index is 11.8. The molecular formula is C26H53N3O5. The van der Waals surface area contributed by atoms with E-state index < -0.39 is 18.3 Å². The number of nitrogens with two attached hydrogens (primary N) is 1. The summed E-state index contributed by atoms with van der Waals surface area (Å²) >= 11 is 0. The van der Waals surface area contributed by atoms with E-state index in [2.05, 4.69) is 17.6 Å². The number of alkyl carbamates (subject to hydrolysis) is 2. The molecule has 0 aromatic heterocycles. The molecule has 202 valence electrons. The van der Waals surface area contributed by atoms with E-state index in [0.717, 1.165) is 12.8 Å². The van der Waals surface area contributed by atoms with Gasteiger partial charge in [0.05, 0.1) is 0 Å². The fourth-order valence-electron chi connectivity index (χ4n) is 3.66. The summed E-state index contributed by atoms with van der Waals surface area (Å²) < 4.78 is 15.3. The van der Waals surface area contributed by atoms with Crippen molar-refractivity contribution in [3.63, 3.8) is 0 Å². The van der Waals surface area contributed by atoms with Crippen molar-refractivity contribution < 1.29 is 23.8 Å². The second-order valence-electron chi connectivity index (χ2n) is 9.00. The van der Waals surface area contributed by atoms with Crippen LogP contribution in [0.15, 0.2) is 0 Å². The highest BCUT2D eigenvalue weighted by atomic mass is 16.6. The molecular weight excluding hydrogens is 434 g/mol. The first-order valence-corrected chi connectivity index (χ1v) is 13.7. The van der Waals surface area contributed by atoms with Crippen LogP contribution in [0, 0.1) is 0 Å². The Hall–Kier alpha value is -1.54. The van der Waals surface area contributed by atoms with Crippen LogP contribution < -0.4 is 16.4 Å². The van der Waals surface area contributed by atoms with Gasteiger partial charge in [-0.2, -0.15) is 0 Å². The topological polar surface area (TPSA) is 112 Å². The lowest BCUT2D eigenvalue weighted by atomic mass is 10.0. The number of carbonyl (C=O) groups excluding carboxylic acids is 2. The van der Waals surface area contributed by atoms with Crippen molar-refractivity contribution in [3.05, 3.63) is 0 Å². The van der Waals surface area contributed by atoms with Crippen LogP contribution in [-0.4, -0.2) is 58.2 Å². The molecule has 8 nitrogen and oxygen atoms in total. The van der Waals surface area contributed by atoms with Crippen LogP contribution in [-0.2, 0) is 14.2 Å². The Kier molecular flexibility index (Phi) is 24.9. The smallest absolute Gasteiger partial charge is 0.407 e. The molecule has 34 heavy (non-hydrogen) atoms. The molecule has 0 saturated carbocycles. The lowest BCUT2D eigenvalue weighted by molar-refractivity contribution is -0.00441. The summed E-state index contributed by atoms with van der Waals surface area (Å²) in [6.45, 7) is 3.57. The second-order valence-corrected chi connectivity index (χ2v) is 9.00. The largest absolute Gasteiger partial charge is 0.447 e. The van der Waals surface area contributed by atoms with Gasteiger partial charge in [0, 0.05) is 26.7 Å². The van der Waals surface area contributed by atoms with Crippen molar-refractivity contribution in [1.82, 2.24) is 10.6 Å². The average Bonchev–Trinajstić information content (AvgIpc) is 2.84. The Morgan fingerprint density at radius 1 is 0.647 bits per heavy atom. The molecule has 1 atom stereocenters. The highest BCUT2D eigenvalue weighted by molar-refractivity contribution is 5.67. The molecule has 0 radical (unpaired) electrons. The highest BCUT2D eigenvalue weighted by Crippen LogP contribution is 2.13. The molecule has 0 aliphatic carbocycles. The van der Waals surface area contributed by atoms with E-state index in [1.165, 1.54) is 97.0 Å². The van der Waals surface area contributed by atoms with E-state index in [-0.39, 0.29) is 13.2 Å². The molecule has 0 heterocycles. The van der Waals surface area contributed by atoms with Crippen molar-refractivity contribution in [3.8, 4) is 0 Å². The SMILES string of the molecule is CCCCCCCCCCCCCCCCCCNC(=O)OCC(COC(=O)NCCN)OC. The normalized spacial score (nSPS) is 11.7. The zero-order valence-corrected chi connectivity index (χ0v) is 22.0. The van der Waals surface area contributed by atoms with E-state index in [1.807, 2.05) is 0 Å². The van der Waals surface area contributed by atoms with Gasteiger partial charge in [-0.05, 0) is 6.42 Å². The zero-order chi connectivity index (χ0) is 25.1. The third kappa shape index (κ3) is 23.6. The van der Waals surface area contributed by atoms with Gasteiger partial charge in [-0.3, -0.25) is 0 Å². The number of rotatable bonds is 24. The second kappa shape index (κ2) is 26.1. The Morgan fingerprint density at radius 3 is 1.41 bits per heavy atom. The van der Waals surface area contributed by atoms with E-state index in [4.69, 9.17) is 19.9 Å². The van der Waals surface area contributed by atoms with Gasteiger partial charge in [-0.25, -0.2) is 9.59 Å². The van der Waals surface area contributed by atoms with Gasteiger partial charge in [0.1, 0.15) is 19.3 Å². The van der Waals surface area contributed by atoms with Gasteiger partial charge in [-0.1, -0.05) is 103 Å². The van der Waals surface area contributed by atoms with Crippen LogP contribution in [0.5, 0.6) is 0 Å². The maximum Gasteiger partial charge on any atom is 0.407 e. The summed E-state index contributed by atoms with van der Waals surface area (Å²) in [5.74, 6) is 0. The Bertz CT molecular complexity index is 466. The molecule has 0 fully saturated rings. The fraction of sp³-hybridized carbons (Fsp3) is 0.923. The van der Waals surface area contributed by atoms with E-state index in [0.29, 0.717) is 19.6 Å². The number of methoxy groups -OCH3 is 1. The number of unbranched alkanes of at least 4 members (excludes halogenated alkanes) is 15. The maximum absolute atomic E-state index is 11.8. The number of hydrogen-bond acceptors (Lipinski definition) is 6. The van der Waals surface area contributed by atoms with Crippen LogP contribution in [0.25, 0.3) is 0 Å². The van der Waals surface area contributed by atoms with Gasteiger partial charge in [0.15, 0.2) is 0 Å². The van der Waals surface area contributed by atoms with Crippen LogP contribution in [0.2, 0.25) is 0 Å². The van der Waals surface area contributed by atoms with E-state index in [1.54, 1.807) is 0 Å². The van der Waals surface area contributed by atoms with Crippen molar-refractivity contribution in [1.29, 1.82) is 0 Å². The molecule has 0 aliphatic heterocycles. The summed E-state index contributed by atoms with van der Waals surface area (Å²) in [6.07, 6.45) is 19.6. The summed E-state index contributed by atoms with van der Waals surface area (Å²) in [4.78, 5) is 23.2. The highest BCUT2D eigenvalue weighted by Gasteiger charge is 2.13. The van der Waals surface area contributed by atoms with Gasteiger partial charge in [0.25, 0.3) is 0 Å². The lowest BCUT2D eigenvalue weighted by Crippen LogP contribution is -2.35. The van der Waals surface area contributed by atoms with Gasteiger partial charge >= 0.3 is 12.2 Å². The number of hydrogen-bond donors (Lipinski definition) is 3. The first-order chi connectivity index (χ1) is 16.6. The van der Waals surface area contributed by atoms with Gasteiger partial charge < -0.3 is 30.6 Å². The first kappa shape index (κ1) is 32.5. The third-order valence-corrected chi connectivity index (χ3v) is 5.85. The Labute approximate surface area is 208 Å². The molecule has 8 heteroatoms. The average molecular weight is 488 g/mol. The molecule has 0 aromatic carbocycles. The molecule has 1 unspecified atom stereocenters. The summed E-state index contributed by atoms with van der Waals surface area (Å²) in [6, 6.07) is 0. The standard InChI is InChI=1S/C26H53N3O5/c1-3-4-5-6-7-8-9-10-11-12-13-14-15-16-17-18-20-28-25(30)33-22-24(32-2)23-34-26(31)29-21-19-27/h24H,3-23,27H2,1-2H3,(H,28,30)(H,29,31). The molecule has 0 aliphatic rings. The minimum absolute atomic E-state index is 0.000685. The Balaban J connectivity index is 3.40. The molecule has 0 bridgehead atoms. The number of ether oxygens (including phenoxy) is 3. The molecule has 0 saturated heterocycles. The van der Waals surface area contributed by atoms with Crippen LogP contribution in [0.3, 0.4) is 0 Å². The minimum atomic E-state index is -0.569. The third-order valence-electron chi connectivity index (χ3n) is 5.85. The van der Waals surface area contributed by atoms with Crippen molar-refractivity contribution in [2.45, 2.75) is 116 Å². The Morgan fingerprint density at radius 2 is 1.03 bits per heavy atom. The first-order valence-electron chi connectivity index (χ1n) is 13.7. The molecule has 0 rings (SSSR count). The van der Waals surface area contributed by atoms with Crippen molar-refractivity contribution in [2.24, 2.45) is 5.73 Å². The molecule has 0 aromatic rings. The monoisotopic (exact) mass is 487 g/mol. The van der Waals surface area contributed by atoms with Crippen LogP contribution in [0.4, 0.5) is 9.59 Å². The van der Waals surface area contributed by atoms with Crippen molar-refractivity contribution >= 4 is 12.2 Å². The van der Waals surface area contributed by atoms with Crippen LogP contribution >= 0.6 is 0 Å². The molecule has 2 amide bonds. The summed E-state index contributed by atoms with van der Waals surface area (Å²) in [7, 11) is 1.48. The summed E-state index contributed by atoms with van der Waals surface area (Å²) in [5, 5.41) is 5.24. The van der Waals surface area contributed by atoms with E-state index in [9.17, 15) is 9.59 Å². The zero-order valence-electron chi connectivity index (χ0n) is 22.0. The lowest BCUT2D eigenvalue weighted by Gasteiger charge is -2.16. The summed E-state index contributed by atoms with van der Waals surface area (Å²) in [5.41, 5.74) is 5.30. The van der Waals surface area contributed by atoms with Crippen molar-refractivity contribution in [2.75, 3.05) is 40.0 Å². The number of amides is 2. The van der Waals surface area contributed by atoms with Gasteiger partial charge in [0.2, 0.25) is 0 Å². The quantitative estimate of drug-likeness (QED) is 0.151. The fourth-order valence-corrected chi connectivity index (χ4v) is 3.66. The predicted octanol–water partition coefficient (Wildman–Crippen LogP) is 5.67. The predicted molar refractivity (Wildman–Crippen MR) is 138 cm³/mol. The van der Waals surface area contributed by atoms with Crippen LogP contribution in [0.1, 0.15) is 110 Å². The molecule has 4 N–H and O–H groups in total. The number of carbonyl (C=O) groups is 2.